The van der Waals surface area contributed by atoms with Crippen molar-refractivity contribution in [1.82, 2.24) is 0 Å². The zero-order valence-electron chi connectivity index (χ0n) is 57.8. The molecule has 0 spiro atoms. The topological polar surface area (TPSA) is 134 Å². The number of hydrogen-bond donors (Lipinski definition) is 2. The van der Waals surface area contributed by atoms with Crippen molar-refractivity contribution in [2.75, 3.05) is 26.4 Å². The lowest BCUT2D eigenvalue weighted by Crippen LogP contribution is -2.29. The first-order chi connectivity index (χ1) is 44.8. The Morgan fingerprint density at radius 1 is 0.330 bits per heavy atom. The Morgan fingerprint density at radius 2 is 0.571 bits per heavy atom. The summed E-state index contributed by atoms with van der Waals surface area (Å²) in [6.07, 6.45) is 111. The van der Waals surface area contributed by atoms with Crippen LogP contribution in [0.3, 0.4) is 0 Å². The third kappa shape index (κ3) is 74.0. The van der Waals surface area contributed by atoms with Crippen LogP contribution in [0.25, 0.3) is 0 Å². The lowest BCUT2D eigenvalue weighted by atomic mass is 10.0. The zero-order valence-corrected chi connectivity index (χ0v) is 58.6. The molecule has 0 radical (unpaired) electrons. The molecule has 0 aliphatic heterocycles. The molecule has 91 heavy (non-hydrogen) atoms. The molecular weight excluding hydrogens is 1150 g/mol. The second kappa shape index (κ2) is 74.2. The van der Waals surface area contributed by atoms with Gasteiger partial charge < -0.3 is 20.1 Å². The molecule has 0 bridgehead atoms. The van der Waals surface area contributed by atoms with Crippen LogP contribution >= 0.6 is 7.82 Å². The van der Waals surface area contributed by atoms with Crippen molar-refractivity contribution < 1.29 is 37.6 Å². The van der Waals surface area contributed by atoms with Gasteiger partial charge in [0.1, 0.15) is 6.61 Å². The summed E-state index contributed by atoms with van der Waals surface area (Å²) in [5, 5.41) is 0. The minimum Gasteiger partial charge on any atom is -0.462 e. The molecule has 9 nitrogen and oxygen atoms in total. The second-order valence-electron chi connectivity index (χ2n) is 23.3. The van der Waals surface area contributed by atoms with Crippen molar-refractivity contribution in [3.63, 3.8) is 0 Å². The van der Waals surface area contributed by atoms with Crippen LogP contribution in [0.15, 0.2) is 182 Å². The van der Waals surface area contributed by atoms with Gasteiger partial charge in [0.25, 0.3) is 0 Å². The molecule has 0 rings (SSSR count). The van der Waals surface area contributed by atoms with Crippen molar-refractivity contribution in [3.05, 3.63) is 182 Å². The molecule has 0 fully saturated rings. The fourth-order valence-corrected chi connectivity index (χ4v) is 10.3. The molecule has 0 aromatic rings. The van der Waals surface area contributed by atoms with Crippen molar-refractivity contribution in [2.45, 2.75) is 290 Å². The van der Waals surface area contributed by atoms with E-state index in [1.807, 2.05) is 0 Å². The Morgan fingerprint density at radius 3 is 0.846 bits per heavy atom. The summed E-state index contributed by atoms with van der Waals surface area (Å²) in [5.74, 6) is -0.841. The van der Waals surface area contributed by atoms with E-state index in [1.54, 1.807) is 0 Å². The first-order valence-electron chi connectivity index (χ1n) is 36.3. The van der Waals surface area contributed by atoms with Gasteiger partial charge in [-0.15, -0.1) is 0 Å². The van der Waals surface area contributed by atoms with Crippen LogP contribution in [0.2, 0.25) is 0 Å². The quantitative estimate of drug-likeness (QED) is 0.0264. The minimum atomic E-state index is -4.41. The largest absolute Gasteiger partial charge is 0.472 e. The number of rotatable bonds is 66. The van der Waals surface area contributed by atoms with Gasteiger partial charge in [0.2, 0.25) is 0 Å². The van der Waals surface area contributed by atoms with Crippen LogP contribution < -0.4 is 5.73 Å². The van der Waals surface area contributed by atoms with Crippen molar-refractivity contribution in [3.8, 4) is 0 Å². The van der Waals surface area contributed by atoms with Crippen LogP contribution in [-0.2, 0) is 32.7 Å². The molecular formula is C81H132NO8P. The van der Waals surface area contributed by atoms with Gasteiger partial charge in [-0.05, 0) is 135 Å². The molecule has 0 aliphatic carbocycles. The number of hydrogen-bond acceptors (Lipinski definition) is 8. The van der Waals surface area contributed by atoms with Crippen LogP contribution in [0.1, 0.15) is 284 Å². The highest BCUT2D eigenvalue weighted by molar-refractivity contribution is 7.47. The van der Waals surface area contributed by atoms with E-state index in [4.69, 9.17) is 24.3 Å². The van der Waals surface area contributed by atoms with E-state index in [0.717, 1.165) is 148 Å². The second-order valence-corrected chi connectivity index (χ2v) is 24.8. The lowest BCUT2D eigenvalue weighted by Gasteiger charge is -2.19. The molecule has 2 atom stereocenters. The first-order valence-corrected chi connectivity index (χ1v) is 37.8. The molecule has 0 aliphatic rings. The Kier molecular flexibility index (Phi) is 70.2. The van der Waals surface area contributed by atoms with Gasteiger partial charge in [-0.2, -0.15) is 0 Å². The standard InChI is InChI=1S/C81H132NO8P/c1-3-5-7-9-11-13-15-17-19-21-23-25-27-29-31-33-35-36-37-38-39-40-41-42-44-46-48-50-52-54-56-58-60-62-64-66-68-70-72-74-81(84)90-79(78-89-91(85,86)88-76-75-82)77-87-80(83)73-71-69-67-65-63-61-59-57-55-53-51-49-47-45-43-34-32-30-28-26-24-22-20-18-16-14-12-10-8-6-4-2/h5-8,11-14,17-20,23-26,29-32,35-36,38-39,41-43,45,49,51,79H,3-4,9-10,15-16,21-22,27-28,33-34,37,40,44,46-48,50,52-78,82H2,1-2H3,(H,85,86)/b7-5-,8-6-,13-11-,14-12-,19-17-,20-18-,25-23-,26-24-,31-29-,32-30-,36-35-,39-38-,42-41-,45-43-,51-49-. The summed E-state index contributed by atoms with van der Waals surface area (Å²) in [4.78, 5) is 35.4. The maximum absolute atomic E-state index is 12.8. The molecule has 0 saturated heterocycles. The van der Waals surface area contributed by atoms with E-state index in [-0.39, 0.29) is 32.6 Å². The summed E-state index contributed by atoms with van der Waals surface area (Å²) >= 11 is 0. The number of phosphoric acid groups is 1. The molecule has 3 N–H and O–H groups in total. The van der Waals surface area contributed by atoms with E-state index in [1.165, 1.54) is 103 Å². The van der Waals surface area contributed by atoms with E-state index in [2.05, 4.69) is 196 Å². The number of allylic oxidation sites excluding steroid dienone is 30. The average Bonchev–Trinajstić information content (AvgIpc) is 3.71. The SMILES string of the molecule is CC/C=C\C/C=C\C/C=C\C/C=C\C/C=C\C/C=C\C/C=C\C/C=C\CCCCCCCCCCCCCCCCC(=O)OC(COC(=O)CCCCCCCCCCC/C=C\C/C=C\C/C=C\C/C=C\C/C=C\C/C=C\C/C=C\CC)COP(=O)(O)OCCN. The number of carbonyl (C=O) groups excluding carboxylic acids is 2. The fourth-order valence-electron chi connectivity index (χ4n) is 9.52. The van der Waals surface area contributed by atoms with E-state index >= 15 is 0 Å². The molecule has 10 heteroatoms. The minimum absolute atomic E-state index is 0.0445. The van der Waals surface area contributed by atoms with E-state index in [9.17, 15) is 19.0 Å². The lowest BCUT2D eigenvalue weighted by molar-refractivity contribution is -0.161. The number of esters is 2. The monoisotopic (exact) mass is 1280 g/mol. The Hall–Kier alpha value is -4.89. The van der Waals surface area contributed by atoms with Crippen molar-refractivity contribution in [1.29, 1.82) is 0 Å². The molecule has 0 aromatic heterocycles. The van der Waals surface area contributed by atoms with Gasteiger partial charge in [0.15, 0.2) is 6.10 Å². The smallest absolute Gasteiger partial charge is 0.462 e. The molecule has 2 unspecified atom stereocenters. The van der Waals surface area contributed by atoms with Gasteiger partial charge in [0, 0.05) is 19.4 Å². The number of carbonyl (C=O) groups is 2. The number of unbranched alkanes of at least 4 members (excludes halogenated alkanes) is 23. The summed E-state index contributed by atoms with van der Waals surface area (Å²) < 4.78 is 33.2. The van der Waals surface area contributed by atoms with Crippen molar-refractivity contribution in [2.24, 2.45) is 5.73 Å². The average molecular weight is 1280 g/mol. The summed E-state index contributed by atoms with van der Waals surface area (Å²) in [7, 11) is -4.41. The molecule has 0 heterocycles. The Bertz CT molecular complexity index is 2150. The molecule has 0 amide bonds. The normalized spacial score (nSPS) is 14.0. The molecule has 514 valence electrons. The predicted octanol–water partition coefficient (Wildman–Crippen LogP) is 24.3. The van der Waals surface area contributed by atoms with Gasteiger partial charge >= 0.3 is 19.8 Å². The highest BCUT2D eigenvalue weighted by Crippen LogP contribution is 2.43. The maximum Gasteiger partial charge on any atom is 0.472 e. The predicted molar refractivity (Wildman–Crippen MR) is 394 cm³/mol. The van der Waals surface area contributed by atoms with E-state index in [0.29, 0.717) is 6.42 Å². The number of phosphoric ester groups is 1. The van der Waals surface area contributed by atoms with E-state index < -0.39 is 32.5 Å². The van der Waals surface area contributed by atoms with Gasteiger partial charge in [0.05, 0.1) is 13.2 Å². The highest BCUT2D eigenvalue weighted by atomic mass is 31.2. The van der Waals surface area contributed by atoms with Crippen LogP contribution in [0, 0.1) is 0 Å². The first kappa shape index (κ1) is 86.1. The van der Waals surface area contributed by atoms with Gasteiger partial charge in [-0.1, -0.05) is 318 Å². The summed E-state index contributed by atoms with van der Waals surface area (Å²) in [6.45, 7) is 3.51. The van der Waals surface area contributed by atoms with Crippen LogP contribution in [-0.4, -0.2) is 49.3 Å². The molecule has 0 aromatic carbocycles. The molecule has 0 saturated carbocycles. The van der Waals surface area contributed by atoms with Crippen LogP contribution in [0.5, 0.6) is 0 Å². The highest BCUT2D eigenvalue weighted by Gasteiger charge is 2.26. The third-order valence-corrected chi connectivity index (χ3v) is 15.8. The summed E-state index contributed by atoms with van der Waals surface area (Å²) in [6, 6.07) is 0. The Balaban J connectivity index is 3.94. The van der Waals surface area contributed by atoms with Crippen molar-refractivity contribution >= 4 is 19.8 Å². The zero-order chi connectivity index (χ0) is 65.8. The van der Waals surface area contributed by atoms with Gasteiger partial charge in [-0.25, -0.2) is 4.57 Å². The van der Waals surface area contributed by atoms with Gasteiger partial charge in [-0.3, -0.25) is 18.6 Å². The number of nitrogens with two attached hydrogens (primary N) is 1. The maximum atomic E-state index is 12.8. The number of ether oxygens (including phenoxy) is 2. The third-order valence-electron chi connectivity index (χ3n) is 14.8. The fraction of sp³-hybridized carbons (Fsp3) is 0.605. The summed E-state index contributed by atoms with van der Waals surface area (Å²) in [5.41, 5.74) is 5.40. The Labute approximate surface area is 558 Å². The van der Waals surface area contributed by atoms with Crippen LogP contribution in [0.4, 0.5) is 0 Å².